The highest BCUT2D eigenvalue weighted by atomic mass is 35.5. The van der Waals surface area contributed by atoms with Crippen molar-refractivity contribution >= 4 is 22.4 Å². The molecule has 1 atom stereocenters. The van der Waals surface area contributed by atoms with Gasteiger partial charge in [0, 0.05) is 25.1 Å². The van der Waals surface area contributed by atoms with Crippen LogP contribution in [0, 0.1) is 6.92 Å². The SMILES string of the molecule is Cc1nc(-c2ccc(S(=O)(=O)NCC(N)c3ccc(C(C)C)cc3)cc2)co1.Cl. The Morgan fingerprint density at radius 1 is 1.03 bits per heavy atom. The maximum atomic E-state index is 12.6. The lowest BCUT2D eigenvalue weighted by Crippen LogP contribution is -2.32. The first-order chi connectivity index (χ1) is 13.3. The van der Waals surface area contributed by atoms with Crippen LogP contribution in [0.25, 0.3) is 11.3 Å². The smallest absolute Gasteiger partial charge is 0.240 e. The van der Waals surface area contributed by atoms with Gasteiger partial charge in [-0.15, -0.1) is 12.4 Å². The highest BCUT2D eigenvalue weighted by molar-refractivity contribution is 7.89. The Labute approximate surface area is 178 Å². The summed E-state index contributed by atoms with van der Waals surface area (Å²) in [7, 11) is -3.65. The number of nitrogens with two attached hydrogens (primary N) is 1. The van der Waals surface area contributed by atoms with Crippen molar-refractivity contribution in [3.8, 4) is 11.3 Å². The van der Waals surface area contributed by atoms with Crippen LogP contribution in [0.15, 0.2) is 64.1 Å². The summed E-state index contributed by atoms with van der Waals surface area (Å²) >= 11 is 0. The van der Waals surface area contributed by atoms with Gasteiger partial charge in [-0.1, -0.05) is 50.2 Å². The largest absolute Gasteiger partial charge is 0.449 e. The van der Waals surface area contributed by atoms with Crippen LogP contribution in [0.3, 0.4) is 0 Å². The zero-order valence-electron chi connectivity index (χ0n) is 16.6. The maximum absolute atomic E-state index is 12.6. The van der Waals surface area contributed by atoms with Crippen molar-refractivity contribution in [2.45, 2.75) is 37.6 Å². The summed E-state index contributed by atoms with van der Waals surface area (Å²) in [6, 6.07) is 14.0. The number of aromatic nitrogens is 1. The first kappa shape index (κ1) is 23.1. The fourth-order valence-corrected chi connectivity index (χ4v) is 3.89. The molecule has 29 heavy (non-hydrogen) atoms. The minimum atomic E-state index is -3.65. The molecular weight excluding hydrogens is 410 g/mol. The van der Waals surface area contributed by atoms with E-state index in [1.807, 2.05) is 24.3 Å². The summed E-state index contributed by atoms with van der Waals surface area (Å²) in [5.74, 6) is 0.997. The Balaban J connectivity index is 0.00000300. The molecule has 3 N–H and O–H groups in total. The minimum Gasteiger partial charge on any atom is -0.449 e. The number of rotatable bonds is 7. The molecule has 3 rings (SSSR count). The second kappa shape index (κ2) is 9.54. The Hall–Kier alpha value is -2.19. The average Bonchev–Trinajstić information content (AvgIpc) is 3.12. The van der Waals surface area contributed by atoms with E-state index in [9.17, 15) is 8.42 Å². The van der Waals surface area contributed by atoms with Gasteiger partial charge in [0.2, 0.25) is 10.0 Å². The quantitative estimate of drug-likeness (QED) is 0.580. The van der Waals surface area contributed by atoms with Gasteiger partial charge in [-0.2, -0.15) is 0 Å². The number of hydrogen-bond donors (Lipinski definition) is 2. The third-order valence-electron chi connectivity index (χ3n) is 4.60. The number of aryl methyl sites for hydroxylation is 1. The number of benzene rings is 2. The molecule has 1 aromatic heterocycles. The molecule has 3 aromatic rings. The van der Waals surface area contributed by atoms with Crippen molar-refractivity contribution in [3.63, 3.8) is 0 Å². The fraction of sp³-hybridized carbons (Fsp3) is 0.286. The molecule has 0 fully saturated rings. The van der Waals surface area contributed by atoms with Crippen molar-refractivity contribution in [1.82, 2.24) is 9.71 Å². The Morgan fingerprint density at radius 3 is 2.14 bits per heavy atom. The molecule has 0 aliphatic rings. The second-order valence-corrected chi connectivity index (χ2v) is 8.82. The first-order valence-electron chi connectivity index (χ1n) is 9.14. The number of hydrogen-bond acceptors (Lipinski definition) is 5. The van der Waals surface area contributed by atoms with Crippen LogP contribution in [0.2, 0.25) is 0 Å². The van der Waals surface area contributed by atoms with E-state index < -0.39 is 16.1 Å². The topological polar surface area (TPSA) is 98.2 Å². The summed E-state index contributed by atoms with van der Waals surface area (Å²) in [4.78, 5) is 4.41. The van der Waals surface area contributed by atoms with Crippen LogP contribution < -0.4 is 10.5 Å². The zero-order valence-corrected chi connectivity index (χ0v) is 18.3. The normalized spacial score (nSPS) is 12.6. The number of nitrogens with zero attached hydrogens (tertiary/aromatic N) is 1. The van der Waals surface area contributed by atoms with E-state index in [4.69, 9.17) is 10.2 Å². The van der Waals surface area contributed by atoms with Crippen LogP contribution >= 0.6 is 12.4 Å². The van der Waals surface area contributed by atoms with Crippen molar-refractivity contribution in [2.75, 3.05) is 6.54 Å². The van der Waals surface area contributed by atoms with Gasteiger partial charge in [-0.3, -0.25) is 0 Å². The predicted molar refractivity (Wildman–Crippen MR) is 117 cm³/mol. The Morgan fingerprint density at radius 2 is 1.62 bits per heavy atom. The van der Waals surface area contributed by atoms with E-state index in [1.54, 1.807) is 37.5 Å². The average molecular weight is 436 g/mol. The first-order valence-corrected chi connectivity index (χ1v) is 10.6. The fourth-order valence-electron chi connectivity index (χ4n) is 2.83. The molecule has 0 saturated carbocycles. The van der Waals surface area contributed by atoms with Crippen LogP contribution in [-0.2, 0) is 10.0 Å². The van der Waals surface area contributed by atoms with E-state index in [2.05, 4.69) is 23.6 Å². The predicted octanol–water partition coefficient (Wildman–Crippen LogP) is 4.17. The molecule has 1 heterocycles. The van der Waals surface area contributed by atoms with Crippen molar-refractivity contribution in [2.24, 2.45) is 5.73 Å². The third-order valence-corrected chi connectivity index (χ3v) is 6.04. The van der Waals surface area contributed by atoms with E-state index in [1.165, 1.54) is 5.56 Å². The standard InChI is InChI=1S/C21H25N3O3S.ClH/c1-14(2)16-4-6-17(7-5-16)20(22)12-23-28(25,26)19-10-8-18(9-11-19)21-13-27-15(3)24-21;/h4-11,13-14,20,23H,12,22H2,1-3H3;1H. The lowest BCUT2D eigenvalue weighted by atomic mass is 9.99. The van der Waals surface area contributed by atoms with Crippen LogP contribution in [-0.4, -0.2) is 19.9 Å². The molecule has 0 saturated heterocycles. The monoisotopic (exact) mass is 435 g/mol. The molecular formula is C21H26ClN3O3S. The van der Waals surface area contributed by atoms with Crippen molar-refractivity contribution in [3.05, 3.63) is 71.8 Å². The van der Waals surface area contributed by atoms with Gasteiger partial charge in [0.25, 0.3) is 0 Å². The second-order valence-electron chi connectivity index (χ2n) is 7.06. The third kappa shape index (κ3) is 5.67. The molecule has 6 nitrogen and oxygen atoms in total. The minimum absolute atomic E-state index is 0. The van der Waals surface area contributed by atoms with E-state index in [0.29, 0.717) is 17.5 Å². The lowest BCUT2D eigenvalue weighted by Gasteiger charge is -2.15. The molecule has 2 aromatic carbocycles. The summed E-state index contributed by atoms with van der Waals surface area (Å²) in [5, 5.41) is 0. The van der Waals surface area contributed by atoms with E-state index in [-0.39, 0.29) is 23.8 Å². The Bertz CT molecular complexity index is 1030. The molecule has 0 bridgehead atoms. The van der Waals surface area contributed by atoms with E-state index >= 15 is 0 Å². The number of halogens is 1. The molecule has 0 amide bonds. The Kier molecular flexibility index (Phi) is 7.60. The van der Waals surface area contributed by atoms with Gasteiger partial charge >= 0.3 is 0 Å². The molecule has 156 valence electrons. The van der Waals surface area contributed by atoms with Crippen LogP contribution in [0.4, 0.5) is 0 Å². The van der Waals surface area contributed by atoms with Gasteiger partial charge in [0.05, 0.1) is 4.90 Å². The molecule has 0 aliphatic carbocycles. The van der Waals surface area contributed by atoms with Crippen molar-refractivity contribution in [1.29, 1.82) is 0 Å². The van der Waals surface area contributed by atoms with Crippen LogP contribution in [0.5, 0.6) is 0 Å². The van der Waals surface area contributed by atoms with Gasteiger partial charge in [-0.05, 0) is 29.2 Å². The van der Waals surface area contributed by atoms with E-state index in [0.717, 1.165) is 11.1 Å². The summed E-state index contributed by atoms with van der Waals surface area (Å²) in [6.45, 7) is 6.12. The zero-order chi connectivity index (χ0) is 20.3. The van der Waals surface area contributed by atoms with Gasteiger partial charge in [0.15, 0.2) is 5.89 Å². The van der Waals surface area contributed by atoms with Gasteiger partial charge in [0.1, 0.15) is 12.0 Å². The number of oxazole rings is 1. The maximum Gasteiger partial charge on any atom is 0.240 e. The summed E-state index contributed by atoms with van der Waals surface area (Å²) < 4.78 is 32.9. The highest BCUT2D eigenvalue weighted by Gasteiger charge is 2.17. The number of nitrogens with one attached hydrogen (secondary N) is 1. The van der Waals surface area contributed by atoms with Crippen molar-refractivity contribution < 1.29 is 12.8 Å². The number of sulfonamides is 1. The van der Waals surface area contributed by atoms with Gasteiger partial charge in [-0.25, -0.2) is 18.1 Å². The summed E-state index contributed by atoms with van der Waals surface area (Å²) in [5.41, 5.74) is 9.73. The molecule has 0 radical (unpaired) electrons. The van der Waals surface area contributed by atoms with Gasteiger partial charge < -0.3 is 10.2 Å². The lowest BCUT2D eigenvalue weighted by molar-refractivity contribution is 0.521. The molecule has 0 spiro atoms. The molecule has 8 heteroatoms. The highest BCUT2D eigenvalue weighted by Crippen LogP contribution is 2.21. The molecule has 0 aliphatic heterocycles. The molecule has 1 unspecified atom stereocenters. The summed E-state index contributed by atoms with van der Waals surface area (Å²) in [6.07, 6.45) is 1.54. The van der Waals surface area contributed by atoms with Crippen LogP contribution in [0.1, 0.15) is 42.8 Å².